The number of rotatable bonds is 2. The van der Waals surface area contributed by atoms with Crippen LogP contribution in [0.1, 0.15) is 5.56 Å². The van der Waals surface area contributed by atoms with E-state index >= 15 is 0 Å². The van der Waals surface area contributed by atoms with Gasteiger partial charge in [0.1, 0.15) is 0 Å². The van der Waals surface area contributed by atoms with E-state index in [1.807, 2.05) is 0 Å². The summed E-state index contributed by atoms with van der Waals surface area (Å²) in [5.74, 6) is 4.86. The fourth-order valence-corrected chi connectivity index (χ4v) is 3.63. The van der Waals surface area contributed by atoms with E-state index < -0.39 is 14.3 Å². The molecule has 0 spiro atoms. The molecule has 0 nitrogen and oxygen atoms in total. The first-order valence-corrected chi connectivity index (χ1v) is 10.4. The van der Waals surface area contributed by atoms with E-state index in [9.17, 15) is 0 Å². The molecule has 1 heteroatoms. The first kappa shape index (κ1) is 7.87. The monoisotopic (exact) mass is 196 g/mol. The molecule has 1 aromatic rings. The fraction of sp³-hybridized carbons (Fsp3) is 0.333. The molecule has 1 rings (SSSR count). The van der Waals surface area contributed by atoms with Crippen LogP contribution >= 0.6 is 0 Å². The molecule has 0 heterocycles. The summed E-state index contributed by atoms with van der Waals surface area (Å²) >= 11 is -0.804. The third kappa shape index (κ3) is 2.57. The summed E-state index contributed by atoms with van der Waals surface area (Å²) in [5.41, 5.74) is 1.53. The van der Waals surface area contributed by atoms with Gasteiger partial charge in [0.25, 0.3) is 0 Å². The van der Waals surface area contributed by atoms with Crippen LogP contribution in [0.25, 0.3) is 0 Å². The van der Waals surface area contributed by atoms with E-state index in [1.54, 1.807) is 0 Å². The van der Waals surface area contributed by atoms with Crippen LogP contribution in [0.2, 0.25) is 11.5 Å². The maximum absolute atomic E-state index is 2.43. The van der Waals surface area contributed by atoms with Crippen molar-refractivity contribution in [2.24, 2.45) is 0 Å². The molecule has 0 amide bonds. The second-order valence-corrected chi connectivity index (χ2v) is 9.79. The summed E-state index contributed by atoms with van der Waals surface area (Å²) in [7, 11) is 0. The third-order valence-corrected chi connectivity index (χ3v) is 4.19. The minimum atomic E-state index is -0.804. The van der Waals surface area contributed by atoms with Gasteiger partial charge in [0.2, 0.25) is 0 Å². The summed E-state index contributed by atoms with van der Waals surface area (Å²) in [6.07, 6.45) is 0. The Morgan fingerprint density at radius 1 is 1.10 bits per heavy atom. The van der Waals surface area contributed by atoms with Crippen molar-refractivity contribution in [2.75, 3.05) is 0 Å². The summed E-state index contributed by atoms with van der Waals surface area (Å²) in [5, 5.41) is 1.38. The average molecular weight is 195 g/mol. The Hall–Kier alpha value is -0.237. The minimum absolute atomic E-state index is 0.804. The second-order valence-electron chi connectivity index (χ2n) is 3.08. The van der Waals surface area contributed by atoms with Gasteiger partial charge < -0.3 is 0 Å². The molecule has 0 bridgehead atoms. The third-order valence-electron chi connectivity index (χ3n) is 1.49. The zero-order valence-corrected chi connectivity index (χ0v) is 9.09. The van der Waals surface area contributed by atoms with Gasteiger partial charge in [0.05, 0.1) is 0 Å². The van der Waals surface area contributed by atoms with Crippen LogP contribution in [0.15, 0.2) is 30.3 Å². The second kappa shape index (κ2) is 3.82. The van der Waals surface area contributed by atoms with E-state index in [0.29, 0.717) is 0 Å². The molecule has 0 aliphatic carbocycles. The zero-order valence-electron chi connectivity index (χ0n) is 6.67. The maximum atomic E-state index is 2.43. The Bertz CT molecular complexity index is 179. The molecule has 0 unspecified atom stereocenters. The van der Waals surface area contributed by atoms with Gasteiger partial charge >= 0.3 is 67.0 Å². The average Bonchev–Trinajstić information content (AvgIpc) is 1.88. The van der Waals surface area contributed by atoms with E-state index in [-0.39, 0.29) is 0 Å². The molecule has 0 saturated heterocycles. The molecule has 0 aliphatic rings. The number of benzene rings is 1. The summed E-state index contributed by atoms with van der Waals surface area (Å²) in [6.45, 7) is 0. The van der Waals surface area contributed by atoms with Crippen LogP contribution in [0, 0.1) is 0 Å². The van der Waals surface area contributed by atoms with Crippen LogP contribution in [-0.4, -0.2) is 14.3 Å². The van der Waals surface area contributed by atoms with E-state index in [1.165, 1.54) is 10.8 Å². The van der Waals surface area contributed by atoms with Crippen molar-refractivity contribution in [3.05, 3.63) is 35.9 Å². The van der Waals surface area contributed by atoms with Crippen molar-refractivity contribution >= 4 is 14.3 Å². The SMILES string of the molecule is [CH3][GeH]([CH3])[CH2]c1ccccc1. The van der Waals surface area contributed by atoms with Crippen molar-refractivity contribution in [1.29, 1.82) is 0 Å². The van der Waals surface area contributed by atoms with Gasteiger partial charge in [-0.05, 0) is 0 Å². The Labute approximate surface area is 67.4 Å². The van der Waals surface area contributed by atoms with Crippen LogP contribution in [0.3, 0.4) is 0 Å². The first-order chi connectivity index (χ1) is 4.79. The van der Waals surface area contributed by atoms with Crippen molar-refractivity contribution in [3.63, 3.8) is 0 Å². The van der Waals surface area contributed by atoms with E-state index in [2.05, 4.69) is 41.8 Å². The number of hydrogen-bond acceptors (Lipinski definition) is 0. The van der Waals surface area contributed by atoms with Crippen LogP contribution < -0.4 is 0 Å². The van der Waals surface area contributed by atoms with Gasteiger partial charge in [0, 0.05) is 0 Å². The molecular formula is C9H14Ge. The molecule has 0 radical (unpaired) electrons. The van der Waals surface area contributed by atoms with Crippen molar-refractivity contribution in [1.82, 2.24) is 0 Å². The van der Waals surface area contributed by atoms with Crippen LogP contribution in [-0.2, 0) is 5.25 Å². The predicted molar refractivity (Wildman–Crippen MR) is 49.0 cm³/mol. The predicted octanol–water partition coefficient (Wildman–Crippen LogP) is 2.25. The van der Waals surface area contributed by atoms with Crippen molar-refractivity contribution in [2.45, 2.75) is 16.8 Å². The molecule has 0 atom stereocenters. The Balaban J connectivity index is 2.59. The first-order valence-electron chi connectivity index (χ1n) is 3.83. The van der Waals surface area contributed by atoms with Gasteiger partial charge in [-0.1, -0.05) is 0 Å². The molecule has 54 valence electrons. The summed E-state index contributed by atoms with van der Waals surface area (Å²) < 4.78 is 0. The Morgan fingerprint density at radius 2 is 1.70 bits per heavy atom. The van der Waals surface area contributed by atoms with Crippen LogP contribution in [0.5, 0.6) is 0 Å². The van der Waals surface area contributed by atoms with E-state index in [0.717, 1.165) is 0 Å². The summed E-state index contributed by atoms with van der Waals surface area (Å²) in [4.78, 5) is 0. The van der Waals surface area contributed by atoms with Gasteiger partial charge in [0.15, 0.2) is 0 Å². The normalized spacial score (nSPS) is 10.3. The van der Waals surface area contributed by atoms with Crippen LogP contribution in [0.4, 0.5) is 0 Å². The molecule has 0 saturated carbocycles. The van der Waals surface area contributed by atoms with Gasteiger partial charge in [-0.3, -0.25) is 0 Å². The quantitative estimate of drug-likeness (QED) is 0.634. The Kier molecular flexibility index (Phi) is 3.00. The van der Waals surface area contributed by atoms with Crippen molar-refractivity contribution in [3.8, 4) is 0 Å². The molecule has 10 heavy (non-hydrogen) atoms. The zero-order chi connectivity index (χ0) is 7.40. The standard InChI is InChI=1S/C9H14Ge/c1-10(2)8-9-6-4-3-5-7-9/h3-7,10H,8H2,1-2H3. The molecular weight excluding hydrogens is 181 g/mol. The van der Waals surface area contributed by atoms with Gasteiger partial charge in [-0.15, -0.1) is 0 Å². The molecule has 0 aliphatic heterocycles. The molecule has 0 fully saturated rings. The van der Waals surface area contributed by atoms with Gasteiger partial charge in [-0.2, -0.15) is 0 Å². The number of hydrogen-bond donors (Lipinski definition) is 0. The topological polar surface area (TPSA) is 0 Å². The fourth-order valence-electron chi connectivity index (χ4n) is 1.09. The molecule has 1 aromatic carbocycles. The van der Waals surface area contributed by atoms with Gasteiger partial charge in [-0.25, -0.2) is 0 Å². The van der Waals surface area contributed by atoms with Crippen molar-refractivity contribution < 1.29 is 0 Å². The summed E-state index contributed by atoms with van der Waals surface area (Å²) in [6, 6.07) is 10.8. The molecule has 0 aromatic heterocycles. The van der Waals surface area contributed by atoms with E-state index in [4.69, 9.17) is 0 Å². The molecule has 0 N–H and O–H groups in total. The Morgan fingerprint density at radius 3 is 2.20 bits per heavy atom.